The number of carbonyl (C=O) groups excluding carboxylic acids is 1. The lowest BCUT2D eigenvalue weighted by Gasteiger charge is -2.40. The fourth-order valence-corrected chi connectivity index (χ4v) is 2.21. The third kappa shape index (κ3) is 4.28. The first-order chi connectivity index (χ1) is 8.20. The molecule has 100 valence electrons. The molecule has 2 N–H and O–H groups in total. The van der Waals surface area contributed by atoms with Gasteiger partial charge in [-0.25, -0.2) is 0 Å². The van der Waals surface area contributed by atoms with Gasteiger partial charge in [-0.2, -0.15) is 0 Å². The van der Waals surface area contributed by atoms with Crippen molar-refractivity contribution in [2.75, 3.05) is 19.7 Å². The standard InChI is InChI=1S/C13H26N2O2/c1-3-8-14-13(17)11(2)15(9-5-10-16)12-6-4-7-12/h11-12,16H,3-10H2,1-2H3,(H,14,17). The predicted molar refractivity (Wildman–Crippen MR) is 68.8 cm³/mol. The largest absolute Gasteiger partial charge is 0.396 e. The molecule has 0 aromatic heterocycles. The van der Waals surface area contributed by atoms with Crippen LogP contribution < -0.4 is 5.32 Å². The molecule has 1 amide bonds. The molecule has 1 aliphatic rings. The van der Waals surface area contributed by atoms with E-state index in [1.165, 1.54) is 19.3 Å². The van der Waals surface area contributed by atoms with Crippen molar-refractivity contribution in [3.05, 3.63) is 0 Å². The Labute approximate surface area is 104 Å². The highest BCUT2D eigenvalue weighted by atomic mass is 16.3. The molecule has 1 unspecified atom stereocenters. The Morgan fingerprint density at radius 2 is 2.24 bits per heavy atom. The van der Waals surface area contributed by atoms with E-state index in [1.807, 2.05) is 6.92 Å². The number of carbonyl (C=O) groups is 1. The Balaban J connectivity index is 2.45. The Morgan fingerprint density at radius 3 is 2.71 bits per heavy atom. The molecule has 0 aromatic rings. The van der Waals surface area contributed by atoms with Gasteiger partial charge in [0.25, 0.3) is 0 Å². The summed E-state index contributed by atoms with van der Waals surface area (Å²) in [5.74, 6) is 0.122. The van der Waals surface area contributed by atoms with Gasteiger partial charge in [-0.3, -0.25) is 9.69 Å². The zero-order valence-corrected chi connectivity index (χ0v) is 11.1. The molecular formula is C13H26N2O2. The van der Waals surface area contributed by atoms with E-state index in [4.69, 9.17) is 5.11 Å². The molecule has 0 radical (unpaired) electrons. The molecule has 0 spiro atoms. The summed E-state index contributed by atoms with van der Waals surface area (Å²) in [7, 11) is 0. The molecule has 0 saturated heterocycles. The lowest BCUT2D eigenvalue weighted by molar-refractivity contribution is -0.127. The van der Waals surface area contributed by atoms with E-state index in [-0.39, 0.29) is 18.6 Å². The number of rotatable bonds is 8. The van der Waals surface area contributed by atoms with Crippen LogP contribution in [0.4, 0.5) is 0 Å². The third-order valence-corrected chi connectivity index (χ3v) is 3.54. The van der Waals surface area contributed by atoms with Gasteiger partial charge in [0, 0.05) is 25.7 Å². The normalized spacial score (nSPS) is 17.9. The van der Waals surface area contributed by atoms with Crippen LogP contribution in [0.3, 0.4) is 0 Å². The lowest BCUT2D eigenvalue weighted by atomic mass is 9.90. The molecule has 1 rings (SSSR count). The smallest absolute Gasteiger partial charge is 0.237 e. The summed E-state index contributed by atoms with van der Waals surface area (Å²) >= 11 is 0. The number of nitrogens with zero attached hydrogens (tertiary/aromatic N) is 1. The van der Waals surface area contributed by atoms with Gasteiger partial charge < -0.3 is 10.4 Å². The Bertz CT molecular complexity index is 229. The second-order valence-electron chi connectivity index (χ2n) is 4.87. The van der Waals surface area contributed by atoms with Crippen molar-refractivity contribution in [3.8, 4) is 0 Å². The van der Waals surface area contributed by atoms with Crippen molar-refractivity contribution < 1.29 is 9.90 Å². The molecular weight excluding hydrogens is 216 g/mol. The SMILES string of the molecule is CCCNC(=O)C(C)N(CCCO)C1CCC1. The van der Waals surface area contributed by atoms with Gasteiger partial charge in [0.15, 0.2) is 0 Å². The Kier molecular flexibility index (Phi) is 6.52. The second kappa shape index (κ2) is 7.67. The lowest BCUT2D eigenvalue weighted by Crippen LogP contribution is -2.52. The van der Waals surface area contributed by atoms with Crippen molar-refractivity contribution in [3.63, 3.8) is 0 Å². The fraction of sp³-hybridized carbons (Fsp3) is 0.923. The first-order valence-corrected chi connectivity index (χ1v) is 6.85. The predicted octanol–water partition coefficient (Wildman–Crippen LogP) is 1.14. The molecule has 4 nitrogen and oxygen atoms in total. The summed E-state index contributed by atoms with van der Waals surface area (Å²) in [6, 6.07) is 0.474. The molecule has 1 fully saturated rings. The zero-order chi connectivity index (χ0) is 12.7. The van der Waals surface area contributed by atoms with E-state index in [9.17, 15) is 4.79 Å². The van der Waals surface area contributed by atoms with Crippen LogP contribution in [0, 0.1) is 0 Å². The van der Waals surface area contributed by atoms with Crippen LogP contribution in [0.25, 0.3) is 0 Å². The molecule has 0 bridgehead atoms. The van der Waals surface area contributed by atoms with Gasteiger partial charge in [-0.05, 0) is 32.6 Å². The van der Waals surface area contributed by atoms with Crippen LogP contribution in [-0.4, -0.2) is 47.7 Å². The maximum atomic E-state index is 11.9. The summed E-state index contributed by atoms with van der Waals surface area (Å²) in [6.45, 7) is 5.80. The average molecular weight is 242 g/mol. The molecule has 1 saturated carbocycles. The molecule has 1 atom stereocenters. The van der Waals surface area contributed by atoms with Gasteiger partial charge in [0.2, 0.25) is 5.91 Å². The highest BCUT2D eigenvalue weighted by molar-refractivity contribution is 5.81. The average Bonchev–Trinajstić information content (AvgIpc) is 2.27. The minimum absolute atomic E-state index is 0.0709. The quantitative estimate of drug-likeness (QED) is 0.671. The zero-order valence-electron chi connectivity index (χ0n) is 11.1. The van der Waals surface area contributed by atoms with E-state index >= 15 is 0 Å². The van der Waals surface area contributed by atoms with Gasteiger partial charge in [0.1, 0.15) is 0 Å². The fourth-order valence-electron chi connectivity index (χ4n) is 2.21. The highest BCUT2D eigenvalue weighted by Gasteiger charge is 2.31. The second-order valence-corrected chi connectivity index (χ2v) is 4.87. The number of aliphatic hydroxyl groups is 1. The van der Waals surface area contributed by atoms with Crippen LogP contribution in [0.2, 0.25) is 0 Å². The molecule has 0 aliphatic heterocycles. The Hall–Kier alpha value is -0.610. The van der Waals surface area contributed by atoms with E-state index < -0.39 is 0 Å². The van der Waals surface area contributed by atoms with Crippen molar-refractivity contribution in [1.82, 2.24) is 10.2 Å². The summed E-state index contributed by atoms with van der Waals surface area (Å²) in [4.78, 5) is 14.2. The number of aliphatic hydroxyl groups excluding tert-OH is 1. The van der Waals surface area contributed by atoms with E-state index in [1.54, 1.807) is 0 Å². The molecule has 0 heterocycles. The van der Waals surface area contributed by atoms with Crippen LogP contribution in [0.15, 0.2) is 0 Å². The summed E-state index contributed by atoms with van der Waals surface area (Å²) in [5, 5.41) is 11.9. The van der Waals surface area contributed by atoms with E-state index in [0.29, 0.717) is 6.04 Å². The van der Waals surface area contributed by atoms with Gasteiger partial charge in [-0.15, -0.1) is 0 Å². The van der Waals surface area contributed by atoms with Crippen molar-refractivity contribution in [2.45, 2.75) is 58.0 Å². The van der Waals surface area contributed by atoms with Crippen LogP contribution >= 0.6 is 0 Å². The Morgan fingerprint density at radius 1 is 1.53 bits per heavy atom. The minimum atomic E-state index is -0.0709. The van der Waals surface area contributed by atoms with Gasteiger partial charge >= 0.3 is 0 Å². The summed E-state index contributed by atoms with van der Waals surface area (Å²) in [6.07, 6.45) is 5.37. The molecule has 1 aliphatic carbocycles. The topological polar surface area (TPSA) is 52.6 Å². The molecule has 4 heteroatoms. The van der Waals surface area contributed by atoms with Gasteiger partial charge in [-0.1, -0.05) is 13.3 Å². The first kappa shape index (κ1) is 14.5. The third-order valence-electron chi connectivity index (χ3n) is 3.54. The first-order valence-electron chi connectivity index (χ1n) is 6.85. The number of nitrogens with one attached hydrogen (secondary N) is 1. The summed E-state index contributed by atoms with van der Waals surface area (Å²) in [5.41, 5.74) is 0. The number of amides is 1. The van der Waals surface area contributed by atoms with Gasteiger partial charge in [0.05, 0.1) is 6.04 Å². The van der Waals surface area contributed by atoms with Crippen LogP contribution in [0.1, 0.15) is 46.0 Å². The van der Waals surface area contributed by atoms with Crippen molar-refractivity contribution >= 4 is 5.91 Å². The van der Waals surface area contributed by atoms with Crippen LogP contribution in [-0.2, 0) is 4.79 Å². The maximum absolute atomic E-state index is 11.9. The molecule has 0 aromatic carbocycles. The summed E-state index contributed by atoms with van der Waals surface area (Å²) < 4.78 is 0. The highest BCUT2D eigenvalue weighted by Crippen LogP contribution is 2.26. The number of hydrogen-bond donors (Lipinski definition) is 2. The minimum Gasteiger partial charge on any atom is -0.396 e. The monoisotopic (exact) mass is 242 g/mol. The van der Waals surface area contributed by atoms with Crippen LogP contribution in [0.5, 0.6) is 0 Å². The van der Waals surface area contributed by atoms with E-state index in [0.717, 1.165) is 25.9 Å². The maximum Gasteiger partial charge on any atom is 0.237 e. The number of hydrogen-bond acceptors (Lipinski definition) is 3. The van der Waals surface area contributed by atoms with Crippen molar-refractivity contribution in [2.24, 2.45) is 0 Å². The molecule has 17 heavy (non-hydrogen) atoms. The van der Waals surface area contributed by atoms with E-state index in [2.05, 4.69) is 17.1 Å². The van der Waals surface area contributed by atoms with Crippen molar-refractivity contribution in [1.29, 1.82) is 0 Å².